The number of hydrogen-bond donors (Lipinski definition) is 1. The molecule has 0 amide bonds. The molecule has 0 bridgehead atoms. The standard InChI is InChI=1S/C33H38N4O4/c1-4-26-28-20-25(9-11-30(28)40-31(26)22-38)37-17-15-36(16-18-37)14-6-5-7-24-21-35-29-10-8-23(19-27(24)29)32(39)41-33(2,3)12-13-34/h8-11,19-22,35H,4-7,12,14-18H2,1-3H3. The highest BCUT2D eigenvalue weighted by Gasteiger charge is 2.24. The Morgan fingerprint density at radius 1 is 1.12 bits per heavy atom. The van der Waals surface area contributed by atoms with Crippen molar-refractivity contribution < 1.29 is 18.7 Å². The minimum absolute atomic E-state index is 0.148. The summed E-state index contributed by atoms with van der Waals surface area (Å²) in [6, 6.07) is 13.9. The van der Waals surface area contributed by atoms with Gasteiger partial charge in [0.05, 0.1) is 18.1 Å². The predicted molar refractivity (Wildman–Crippen MR) is 161 cm³/mol. The van der Waals surface area contributed by atoms with Crippen LogP contribution in [0.25, 0.3) is 21.9 Å². The molecule has 1 aliphatic heterocycles. The molecule has 3 heterocycles. The number of aromatic amines is 1. The van der Waals surface area contributed by atoms with E-state index in [1.165, 1.54) is 11.3 Å². The molecule has 0 aliphatic carbocycles. The zero-order valence-corrected chi connectivity index (χ0v) is 24.2. The molecular formula is C33H38N4O4. The highest BCUT2D eigenvalue weighted by atomic mass is 16.6. The van der Waals surface area contributed by atoms with E-state index in [2.05, 4.69) is 39.9 Å². The minimum atomic E-state index is -0.819. The summed E-state index contributed by atoms with van der Waals surface area (Å²) in [5.41, 5.74) is 4.84. The number of benzene rings is 2. The molecule has 4 aromatic rings. The number of aldehydes is 1. The first-order valence-corrected chi connectivity index (χ1v) is 14.5. The fraction of sp³-hybridized carbons (Fsp3) is 0.424. The van der Waals surface area contributed by atoms with Crippen LogP contribution in [-0.2, 0) is 17.6 Å². The molecule has 0 atom stereocenters. The number of aryl methyl sites for hydroxylation is 2. The van der Waals surface area contributed by atoms with E-state index in [0.29, 0.717) is 11.3 Å². The number of nitriles is 1. The van der Waals surface area contributed by atoms with E-state index in [0.717, 1.165) is 92.1 Å². The van der Waals surface area contributed by atoms with Crippen LogP contribution in [0.15, 0.2) is 47.0 Å². The van der Waals surface area contributed by atoms with Gasteiger partial charge in [0.2, 0.25) is 0 Å². The van der Waals surface area contributed by atoms with Gasteiger partial charge in [0.25, 0.3) is 0 Å². The third-order valence-corrected chi connectivity index (χ3v) is 8.05. The number of piperazine rings is 1. The second-order valence-electron chi connectivity index (χ2n) is 11.4. The van der Waals surface area contributed by atoms with Crippen molar-refractivity contribution in [3.05, 3.63) is 65.0 Å². The molecule has 214 valence electrons. The van der Waals surface area contributed by atoms with Gasteiger partial charge in [-0.2, -0.15) is 5.26 Å². The second-order valence-corrected chi connectivity index (χ2v) is 11.4. The van der Waals surface area contributed by atoms with E-state index in [4.69, 9.17) is 14.4 Å². The van der Waals surface area contributed by atoms with Crippen LogP contribution in [0.1, 0.15) is 72.1 Å². The lowest BCUT2D eigenvalue weighted by Gasteiger charge is -2.36. The van der Waals surface area contributed by atoms with Crippen molar-refractivity contribution in [3.8, 4) is 6.07 Å². The highest BCUT2D eigenvalue weighted by molar-refractivity contribution is 5.96. The van der Waals surface area contributed by atoms with Gasteiger partial charge in [0.15, 0.2) is 12.0 Å². The summed E-state index contributed by atoms with van der Waals surface area (Å²) in [5, 5.41) is 11.1. The number of ether oxygens (including phenoxy) is 1. The quantitative estimate of drug-likeness (QED) is 0.132. The van der Waals surface area contributed by atoms with Crippen LogP contribution in [-0.4, -0.2) is 60.5 Å². The molecule has 5 rings (SSSR count). The number of furan rings is 1. The molecule has 8 nitrogen and oxygen atoms in total. The number of nitrogens with zero attached hydrogens (tertiary/aromatic N) is 3. The smallest absolute Gasteiger partial charge is 0.338 e. The Kier molecular flexibility index (Phi) is 8.46. The predicted octanol–water partition coefficient (Wildman–Crippen LogP) is 6.28. The summed E-state index contributed by atoms with van der Waals surface area (Å²) < 4.78 is 11.3. The van der Waals surface area contributed by atoms with Crippen molar-refractivity contribution in [2.45, 2.75) is 58.5 Å². The summed E-state index contributed by atoms with van der Waals surface area (Å²) in [6.07, 6.45) is 6.87. The van der Waals surface area contributed by atoms with Crippen molar-refractivity contribution >= 4 is 39.8 Å². The summed E-state index contributed by atoms with van der Waals surface area (Å²) in [6.45, 7) is 10.6. The van der Waals surface area contributed by atoms with Crippen LogP contribution >= 0.6 is 0 Å². The van der Waals surface area contributed by atoms with Gasteiger partial charge in [0.1, 0.15) is 11.2 Å². The molecule has 2 aromatic heterocycles. The molecule has 0 saturated carbocycles. The average Bonchev–Trinajstić information content (AvgIpc) is 3.55. The Morgan fingerprint density at radius 3 is 2.66 bits per heavy atom. The molecule has 8 heteroatoms. The lowest BCUT2D eigenvalue weighted by atomic mass is 10.0. The fourth-order valence-corrected chi connectivity index (χ4v) is 5.74. The zero-order valence-electron chi connectivity index (χ0n) is 24.2. The first-order valence-electron chi connectivity index (χ1n) is 14.5. The van der Waals surface area contributed by atoms with Crippen molar-refractivity contribution in [1.29, 1.82) is 5.26 Å². The van der Waals surface area contributed by atoms with E-state index < -0.39 is 11.6 Å². The normalized spacial score (nSPS) is 14.4. The van der Waals surface area contributed by atoms with Gasteiger partial charge in [0, 0.05) is 59.9 Å². The number of aromatic nitrogens is 1. The van der Waals surface area contributed by atoms with Crippen molar-refractivity contribution in [2.75, 3.05) is 37.6 Å². The number of esters is 1. The van der Waals surface area contributed by atoms with E-state index in [1.54, 1.807) is 19.9 Å². The third kappa shape index (κ3) is 6.31. The van der Waals surface area contributed by atoms with Gasteiger partial charge >= 0.3 is 5.97 Å². The largest absolute Gasteiger partial charge is 0.455 e. The molecule has 1 saturated heterocycles. The molecule has 0 radical (unpaired) electrons. The maximum absolute atomic E-state index is 12.7. The number of carbonyl (C=O) groups is 2. The molecule has 1 fully saturated rings. The van der Waals surface area contributed by atoms with Crippen LogP contribution in [0.2, 0.25) is 0 Å². The van der Waals surface area contributed by atoms with E-state index in [1.807, 2.05) is 24.4 Å². The lowest BCUT2D eigenvalue weighted by molar-refractivity contribution is 0.00115. The summed E-state index contributed by atoms with van der Waals surface area (Å²) >= 11 is 0. The van der Waals surface area contributed by atoms with Crippen molar-refractivity contribution in [1.82, 2.24) is 9.88 Å². The number of nitrogens with one attached hydrogen (secondary N) is 1. The van der Waals surface area contributed by atoms with Gasteiger partial charge in [-0.15, -0.1) is 0 Å². The van der Waals surface area contributed by atoms with E-state index in [9.17, 15) is 9.59 Å². The SMILES string of the molecule is CCc1c(C=O)oc2ccc(N3CCN(CCCCc4c[nH]c5ccc(C(=O)OC(C)(C)CC#N)cc45)CC3)cc12. The van der Waals surface area contributed by atoms with Gasteiger partial charge in [-0.05, 0) is 88.0 Å². The van der Waals surface area contributed by atoms with Crippen LogP contribution in [0.3, 0.4) is 0 Å². The molecule has 41 heavy (non-hydrogen) atoms. The number of H-pyrrole nitrogens is 1. The summed E-state index contributed by atoms with van der Waals surface area (Å²) in [5.74, 6) is 0.0377. The Labute approximate surface area is 240 Å². The lowest BCUT2D eigenvalue weighted by Crippen LogP contribution is -2.46. The number of fused-ring (bicyclic) bond motifs is 2. The van der Waals surface area contributed by atoms with E-state index >= 15 is 0 Å². The molecular weight excluding hydrogens is 516 g/mol. The molecule has 1 N–H and O–H groups in total. The Morgan fingerprint density at radius 2 is 1.93 bits per heavy atom. The molecule has 0 spiro atoms. The maximum atomic E-state index is 12.7. The third-order valence-electron chi connectivity index (χ3n) is 8.05. The maximum Gasteiger partial charge on any atom is 0.338 e. The first kappa shape index (κ1) is 28.4. The fourth-order valence-electron chi connectivity index (χ4n) is 5.74. The van der Waals surface area contributed by atoms with Crippen molar-refractivity contribution in [3.63, 3.8) is 0 Å². The Hall–Kier alpha value is -4.09. The number of carbonyl (C=O) groups excluding carboxylic acids is 2. The topological polar surface area (TPSA) is 103 Å². The Balaban J connectivity index is 1.12. The first-order chi connectivity index (χ1) is 19.8. The van der Waals surface area contributed by atoms with Crippen LogP contribution in [0.5, 0.6) is 0 Å². The van der Waals surface area contributed by atoms with Crippen LogP contribution < -0.4 is 4.90 Å². The number of anilines is 1. The highest BCUT2D eigenvalue weighted by Crippen LogP contribution is 2.30. The van der Waals surface area contributed by atoms with Gasteiger partial charge in [-0.3, -0.25) is 9.69 Å². The van der Waals surface area contributed by atoms with Crippen LogP contribution in [0, 0.1) is 11.3 Å². The van der Waals surface area contributed by atoms with E-state index in [-0.39, 0.29) is 6.42 Å². The zero-order chi connectivity index (χ0) is 29.0. The van der Waals surface area contributed by atoms with Crippen LogP contribution in [0.4, 0.5) is 5.69 Å². The number of hydrogen-bond acceptors (Lipinski definition) is 7. The van der Waals surface area contributed by atoms with Gasteiger partial charge in [-0.1, -0.05) is 6.92 Å². The number of unbranched alkanes of at least 4 members (excludes halogenated alkanes) is 1. The van der Waals surface area contributed by atoms with Crippen molar-refractivity contribution in [2.24, 2.45) is 0 Å². The number of rotatable bonds is 11. The Bertz CT molecular complexity index is 1580. The molecule has 0 unspecified atom stereocenters. The molecule has 1 aliphatic rings. The second kappa shape index (κ2) is 12.2. The monoisotopic (exact) mass is 554 g/mol. The summed E-state index contributed by atoms with van der Waals surface area (Å²) in [4.78, 5) is 32.3. The summed E-state index contributed by atoms with van der Waals surface area (Å²) in [7, 11) is 0. The van der Waals surface area contributed by atoms with Gasteiger partial charge in [-0.25, -0.2) is 4.79 Å². The van der Waals surface area contributed by atoms with Gasteiger partial charge < -0.3 is 19.0 Å². The molecule has 2 aromatic carbocycles. The average molecular weight is 555 g/mol. The minimum Gasteiger partial charge on any atom is -0.455 e.